The average molecular weight is 344 g/mol. The van der Waals surface area contributed by atoms with Crippen molar-refractivity contribution in [3.05, 3.63) is 63.6 Å². The number of pyridine rings is 1. The van der Waals surface area contributed by atoms with Crippen LogP contribution in [-0.4, -0.2) is 10.8 Å². The Balaban J connectivity index is 2.42. The van der Waals surface area contributed by atoms with Gasteiger partial charge in [0.05, 0.1) is 0 Å². The van der Waals surface area contributed by atoms with Crippen molar-refractivity contribution in [1.29, 1.82) is 0 Å². The van der Waals surface area contributed by atoms with E-state index in [1.807, 2.05) is 0 Å². The van der Waals surface area contributed by atoms with Crippen LogP contribution >= 0.6 is 15.9 Å². The third kappa shape index (κ3) is 2.75. The highest BCUT2D eigenvalue weighted by Gasteiger charge is 2.43. The Morgan fingerprint density at radius 3 is 2.50 bits per heavy atom. The molecule has 1 aromatic heterocycles. The number of benzene rings is 1. The Morgan fingerprint density at radius 2 is 1.95 bits per heavy atom. The monoisotopic (exact) mass is 343 g/mol. The van der Waals surface area contributed by atoms with Gasteiger partial charge in [-0.1, -0.05) is 0 Å². The molecule has 0 spiro atoms. The number of alkyl halides is 2. The molecular weight excluding hydrogens is 335 g/mol. The van der Waals surface area contributed by atoms with Crippen LogP contribution in [0.5, 0.6) is 0 Å². The zero-order valence-corrected chi connectivity index (χ0v) is 11.9. The SMILES string of the molecule is Cc1cc(F)ccc1C(=O)C(F)(F)c1ccc(Br)cn1. The summed E-state index contributed by atoms with van der Waals surface area (Å²) in [5.74, 6) is -5.74. The van der Waals surface area contributed by atoms with Crippen LogP contribution in [-0.2, 0) is 5.92 Å². The molecule has 2 rings (SSSR count). The van der Waals surface area contributed by atoms with Gasteiger partial charge in [-0.2, -0.15) is 8.78 Å². The van der Waals surface area contributed by atoms with Gasteiger partial charge in [0.2, 0.25) is 5.78 Å². The van der Waals surface area contributed by atoms with E-state index in [-0.39, 0.29) is 11.1 Å². The van der Waals surface area contributed by atoms with E-state index in [0.29, 0.717) is 4.47 Å². The standard InChI is InChI=1S/C14H9BrF3NO/c1-8-6-10(16)3-4-11(8)13(20)14(17,18)12-5-2-9(15)7-19-12/h2-7H,1H3. The smallest absolute Gasteiger partial charge is 0.287 e. The predicted octanol–water partition coefficient (Wildman–Crippen LogP) is 4.27. The first-order valence-corrected chi connectivity index (χ1v) is 6.42. The van der Waals surface area contributed by atoms with Crippen LogP contribution in [0.3, 0.4) is 0 Å². The zero-order chi connectivity index (χ0) is 14.9. The molecule has 0 unspecified atom stereocenters. The number of aryl methyl sites for hydroxylation is 1. The number of aromatic nitrogens is 1. The number of Topliss-reactive ketones (excluding diaryl/α,β-unsaturated/α-hetero) is 1. The van der Waals surface area contributed by atoms with E-state index in [9.17, 15) is 18.0 Å². The highest BCUT2D eigenvalue weighted by Crippen LogP contribution is 2.32. The molecule has 6 heteroatoms. The van der Waals surface area contributed by atoms with Crippen molar-refractivity contribution in [2.45, 2.75) is 12.8 Å². The van der Waals surface area contributed by atoms with Crippen molar-refractivity contribution in [1.82, 2.24) is 4.98 Å². The summed E-state index contributed by atoms with van der Waals surface area (Å²) < 4.78 is 41.7. The minimum Gasteiger partial charge on any atom is -0.287 e. The topological polar surface area (TPSA) is 30.0 Å². The van der Waals surface area contributed by atoms with Gasteiger partial charge in [0.25, 0.3) is 0 Å². The first kappa shape index (κ1) is 14.7. The molecule has 0 saturated heterocycles. The van der Waals surface area contributed by atoms with Crippen molar-refractivity contribution in [2.24, 2.45) is 0 Å². The first-order valence-electron chi connectivity index (χ1n) is 5.63. The highest BCUT2D eigenvalue weighted by atomic mass is 79.9. The molecule has 104 valence electrons. The van der Waals surface area contributed by atoms with Crippen LogP contribution in [0.4, 0.5) is 13.2 Å². The van der Waals surface area contributed by atoms with Crippen molar-refractivity contribution in [2.75, 3.05) is 0 Å². The summed E-state index contributed by atoms with van der Waals surface area (Å²) in [5, 5.41) is 0. The Kier molecular flexibility index (Phi) is 3.94. The van der Waals surface area contributed by atoms with Gasteiger partial charge in [-0.3, -0.25) is 9.78 Å². The van der Waals surface area contributed by atoms with E-state index in [0.717, 1.165) is 24.3 Å². The molecule has 2 aromatic rings. The fourth-order valence-corrected chi connectivity index (χ4v) is 1.96. The summed E-state index contributed by atoms with van der Waals surface area (Å²) in [6, 6.07) is 5.52. The van der Waals surface area contributed by atoms with Gasteiger partial charge in [-0.25, -0.2) is 4.39 Å². The van der Waals surface area contributed by atoms with Crippen molar-refractivity contribution in [3.63, 3.8) is 0 Å². The number of ketones is 1. The summed E-state index contributed by atoms with van der Waals surface area (Å²) in [7, 11) is 0. The first-order chi connectivity index (χ1) is 9.32. The van der Waals surface area contributed by atoms with Crippen LogP contribution in [0.15, 0.2) is 41.0 Å². The second-order valence-electron chi connectivity index (χ2n) is 4.22. The van der Waals surface area contributed by atoms with Crippen molar-refractivity contribution in [3.8, 4) is 0 Å². The highest BCUT2D eigenvalue weighted by molar-refractivity contribution is 9.10. The van der Waals surface area contributed by atoms with E-state index in [4.69, 9.17) is 0 Å². The Hall–Kier alpha value is -1.69. The van der Waals surface area contributed by atoms with E-state index in [1.165, 1.54) is 19.2 Å². The number of halogens is 4. The van der Waals surface area contributed by atoms with Gasteiger partial charge in [-0.15, -0.1) is 0 Å². The summed E-state index contributed by atoms with van der Waals surface area (Å²) in [5.41, 5.74) is -0.706. The van der Waals surface area contributed by atoms with Gasteiger partial charge in [-0.05, 0) is 58.7 Å². The second kappa shape index (κ2) is 5.36. The van der Waals surface area contributed by atoms with Crippen molar-refractivity contribution < 1.29 is 18.0 Å². The lowest BCUT2D eigenvalue weighted by atomic mass is 9.98. The van der Waals surface area contributed by atoms with Crippen LogP contribution in [0, 0.1) is 12.7 Å². The molecular formula is C14H9BrF3NO. The second-order valence-corrected chi connectivity index (χ2v) is 5.14. The summed E-state index contributed by atoms with van der Waals surface area (Å²) in [6.45, 7) is 1.40. The molecule has 0 amide bonds. The molecule has 0 saturated carbocycles. The van der Waals surface area contributed by atoms with Gasteiger partial charge in [0, 0.05) is 16.2 Å². The summed E-state index contributed by atoms with van der Waals surface area (Å²) >= 11 is 3.08. The minimum atomic E-state index is -3.76. The third-order valence-corrected chi connectivity index (χ3v) is 3.24. The molecule has 0 bridgehead atoms. The molecule has 0 fully saturated rings. The van der Waals surface area contributed by atoms with Crippen LogP contribution in [0.2, 0.25) is 0 Å². The molecule has 0 aliphatic carbocycles. The van der Waals surface area contributed by atoms with Crippen molar-refractivity contribution >= 4 is 21.7 Å². The number of hydrogen-bond donors (Lipinski definition) is 0. The molecule has 20 heavy (non-hydrogen) atoms. The average Bonchev–Trinajstić information content (AvgIpc) is 2.38. The Morgan fingerprint density at radius 1 is 1.25 bits per heavy atom. The lowest BCUT2D eigenvalue weighted by Gasteiger charge is -2.15. The fourth-order valence-electron chi connectivity index (χ4n) is 1.73. The summed E-state index contributed by atoms with van der Waals surface area (Å²) in [4.78, 5) is 15.5. The Bertz CT molecular complexity index is 656. The molecule has 0 radical (unpaired) electrons. The molecule has 0 atom stereocenters. The maximum absolute atomic E-state index is 14.1. The maximum atomic E-state index is 14.1. The lowest BCUT2D eigenvalue weighted by molar-refractivity contribution is 0.00458. The minimum absolute atomic E-state index is 0.159. The molecule has 0 aliphatic rings. The van der Waals surface area contributed by atoms with Gasteiger partial charge in [0.15, 0.2) is 0 Å². The molecule has 0 aliphatic heterocycles. The number of hydrogen-bond acceptors (Lipinski definition) is 2. The summed E-state index contributed by atoms with van der Waals surface area (Å²) in [6.07, 6.45) is 1.19. The number of nitrogens with zero attached hydrogens (tertiary/aromatic N) is 1. The molecule has 2 nitrogen and oxygen atoms in total. The van der Waals surface area contributed by atoms with E-state index in [2.05, 4.69) is 20.9 Å². The van der Waals surface area contributed by atoms with Crippen LogP contribution < -0.4 is 0 Å². The molecule has 1 heterocycles. The third-order valence-electron chi connectivity index (χ3n) is 2.77. The van der Waals surface area contributed by atoms with E-state index < -0.39 is 23.2 Å². The fraction of sp³-hybridized carbons (Fsp3) is 0.143. The van der Waals surface area contributed by atoms with E-state index in [1.54, 1.807) is 0 Å². The van der Waals surface area contributed by atoms with Crippen LogP contribution in [0.1, 0.15) is 21.6 Å². The van der Waals surface area contributed by atoms with Crippen LogP contribution in [0.25, 0.3) is 0 Å². The molecule has 1 aromatic carbocycles. The van der Waals surface area contributed by atoms with Gasteiger partial charge in [0.1, 0.15) is 11.5 Å². The van der Waals surface area contributed by atoms with E-state index >= 15 is 0 Å². The van der Waals surface area contributed by atoms with Gasteiger partial charge < -0.3 is 0 Å². The number of carbonyl (C=O) groups excluding carboxylic acids is 1. The number of carbonyl (C=O) groups is 1. The number of rotatable bonds is 3. The zero-order valence-electron chi connectivity index (χ0n) is 10.3. The normalized spacial score (nSPS) is 11.4. The quantitative estimate of drug-likeness (QED) is 0.779. The molecule has 0 N–H and O–H groups in total. The largest absolute Gasteiger partial charge is 0.351 e. The van der Waals surface area contributed by atoms with Gasteiger partial charge >= 0.3 is 5.92 Å². The Labute approximate surface area is 121 Å². The maximum Gasteiger partial charge on any atom is 0.351 e. The lowest BCUT2D eigenvalue weighted by Crippen LogP contribution is -2.28. The predicted molar refractivity (Wildman–Crippen MR) is 71.3 cm³/mol.